The molecule has 2 aromatic heterocycles. The van der Waals surface area contributed by atoms with E-state index in [1.54, 1.807) is 6.08 Å². The Kier molecular flexibility index (Phi) is 7.81. The standard InChI is InChI=1S/C24H30N6O/c1-5-13-31-22-10-8-7-9-21(22)17-28-24(25-6-2)27-16-20-11-12-23(26-15-20)30-19(4)14-18(3)29-30/h5,7-12,14-15H,1,6,13,16-17H2,2-4H3,(H2,25,27,28). The van der Waals surface area contributed by atoms with Crippen LogP contribution in [0.2, 0.25) is 0 Å². The van der Waals surface area contributed by atoms with Crippen LogP contribution in [0.3, 0.4) is 0 Å². The highest BCUT2D eigenvalue weighted by Gasteiger charge is 2.06. The normalized spacial score (nSPS) is 11.3. The lowest BCUT2D eigenvalue weighted by Crippen LogP contribution is -2.36. The molecule has 162 valence electrons. The Hall–Kier alpha value is -3.61. The van der Waals surface area contributed by atoms with E-state index < -0.39 is 0 Å². The third-order valence-corrected chi connectivity index (χ3v) is 4.58. The number of benzene rings is 1. The van der Waals surface area contributed by atoms with Crippen LogP contribution >= 0.6 is 0 Å². The number of nitrogens with zero attached hydrogens (tertiary/aromatic N) is 4. The Morgan fingerprint density at radius 1 is 1.19 bits per heavy atom. The van der Waals surface area contributed by atoms with Crippen LogP contribution in [-0.4, -0.2) is 33.9 Å². The number of rotatable bonds is 9. The Morgan fingerprint density at radius 3 is 2.71 bits per heavy atom. The molecule has 3 rings (SSSR count). The number of guanidine groups is 1. The minimum Gasteiger partial charge on any atom is -0.489 e. The summed E-state index contributed by atoms with van der Waals surface area (Å²) in [5, 5.41) is 11.1. The number of ether oxygens (including phenoxy) is 1. The van der Waals surface area contributed by atoms with Crippen LogP contribution in [0.5, 0.6) is 5.75 Å². The quantitative estimate of drug-likeness (QED) is 0.315. The first-order valence-electron chi connectivity index (χ1n) is 10.4. The van der Waals surface area contributed by atoms with Crippen molar-refractivity contribution in [1.29, 1.82) is 0 Å². The van der Waals surface area contributed by atoms with E-state index in [1.807, 2.05) is 74.1 Å². The van der Waals surface area contributed by atoms with Gasteiger partial charge in [-0.2, -0.15) is 5.10 Å². The molecule has 0 aliphatic heterocycles. The molecule has 7 heteroatoms. The van der Waals surface area contributed by atoms with Crippen molar-refractivity contribution >= 4 is 5.96 Å². The lowest BCUT2D eigenvalue weighted by molar-refractivity contribution is 0.358. The van der Waals surface area contributed by atoms with Gasteiger partial charge in [0.15, 0.2) is 11.8 Å². The molecule has 0 bridgehead atoms. The maximum absolute atomic E-state index is 5.73. The van der Waals surface area contributed by atoms with Gasteiger partial charge in [-0.05, 0) is 44.5 Å². The molecule has 0 aliphatic rings. The fraction of sp³-hybridized carbons (Fsp3) is 0.292. The number of aryl methyl sites for hydroxylation is 2. The topological polar surface area (TPSA) is 76.4 Å². The highest BCUT2D eigenvalue weighted by molar-refractivity contribution is 5.79. The van der Waals surface area contributed by atoms with Crippen LogP contribution in [-0.2, 0) is 13.1 Å². The maximum Gasteiger partial charge on any atom is 0.191 e. The predicted molar refractivity (Wildman–Crippen MR) is 125 cm³/mol. The second-order valence-corrected chi connectivity index (χ2v) is 7.12. The van der Waals surface area contributed by atoms with Gasteiger partial charge in [0.1, 0.15) is 12.4 Å². The summed E-state index contributed by atoms with van der Waals surface area (Å²) >= 11 is 0. The van der Waals surface area contributed by atoms with Crippen LogP contribution in [0.1, 0.15) is 29.4 Å². The van der Waals surface area contributed by atoms with Gasteiger partial charge in [-0.3, -0.25) is 0 Å². The number of pyridine rings is 1. The summed E-state index contributed by atoms with van der Waals surface area (Å²) in [4.78, 5) is 9.24. The van der Waals surface area contributed by atoms with E-state index >= 15 is 0 Å². The third-order valence-electron chi connectivity index (χ3n) is 4.58. The zero-order valence-corrected chi connectivity index (χ0v) is 18.4. The van der Waals surface area contributed by atoms with E-state index in [4.69, 9.17) is 4.74 Å². The zero-order chi connectivity index (χ0) is 22.1. The SMILES string of the molecule is C=CCOc1ccccc1CNC(=NCc1ccc(-n2nc(C)cc2C)nc1)NCC. The van der Waals surface area contributed by atoms with E-state index in [2.05, 4.69) is 32.3 Å². The van der Waals surface area contributed by atoms with Gasteiger partial charge in [-0.15, -0.1) is 0 Å². The maximum atomic E-state index is 5.73. The summed E-state index contributed by atoms with van der Waals surface area (Å²) in [6.45, 7) is 12.1. The molecule has 0 saturated heterocycles. The summed E-state index contributed by atoms with van der Waals surface area (Å²) in [6, 6.07) is 14.0. The number of aliphatic imine (C=N–C) groups is 1. The van der Waals surface area contributed by atoms with Gasteiger partial charge >= 0.3 is 0 Å². The number of aromatic nitrogens is 3. The van der Waals surface area contributed by atoms with E-state index in [0.29, 0.717) is 19.7 Å². The molecular weight excluding hydrogens is 388 g/mol. The average molecular weight is 419 g/mol. The Bertz CT molecular complexity index is 1020. The minimum absolute atomic E-state index is 0.478. The van der Waals surface area contributed by atoms with Crippen molar-refractivity contribution in [2.24, 2.45) is 4.99 Å². The van der Waals surface area contributed by atoms with Crippen LogP contribution in [0.4, 0.5) is 0 Å². The first kappa shape index (κ1) is 22.1. The summed E-state index contributed by atoms with van der Waals surface area (Å²) in [5.74, 6) is 2.39. The highest BCUT2D eigenvalue weighted by Crippen LogP contribution is 2.17. The highest BCUT2D eigenvalue weighted by atomic mass is 16.5. The molecule has 31 heavy (non-hydrogen) atoms. The van der Waals surface area contributed by atoms with E-state index in [9.17, 15) is 0 Å². The first-order valence-corrected chi connectivity index (χ1v) is 10.4. The largest absolute Gasteiger partial charge is 0.489 e. The van der Waals surface area contributed by atoms with Crippen LogP contribution < -0.4 is 15.4 Å². The molecule has 0 spiro atoms. The van der Waals surface area contributed by atoms with Crippen molar-refractivity contribution in [3.8, 4) is 11.6 Å². The molecule has 0 unspecified atom stereocenters. The molecule has 0 aliphatic carbocycles. The molecule has 2 N–H and O–H groups in total. The smallest absolute Gasteiger partial charge is 0.191 e. The number of para-hydroxylation sites is 1. The van der Waals surface area contributed by atoms with Gasteiger partial charge in [0.2, 0.25) is 0 Å². The zero-order valence-electron chi connectivity index (χ0n) is 18.4. The molecule has 0 atom stereocenters. The summed E-state index contributed by atoms with van der Waals surface area (Å²) in [6.07, 6.45) is 3.58. The van der Waals surface area contributed by atoms with Crippen molar-refractivity contribution in [3.05, 3.63) is 83.8 Å². The predicted octanol–water partition coefficient (Wildman–Crippen LogP) is 3.70. The summed E-state index contributed by atoms with van der Waals surface area (Å²) in [7, 11) is 0. The average Bonchev–Trinajstić information content (AvgIpc) is 3.13. The first-order chi connectivity index (χ1) is 15.1. The number of nitrogens with one attached hydrogen (secondary N) is 2. The molecule has 1 aromatic carbocycles. The van der Waals surface area contributed by atoms with Gasteiger partial charge in [-0.25, -0.2) is 14.7 Å². The van der Waals surface area contributed by atoms with Gasteiger partial charge in [-0.1, -0.05) is 36.9 Å². The lowest BCUT2D eigenvalue weighted by Gasteiger charge is -2.14. The van der Waals surface area contributed by atoms with Crippen LogP contribution in [0, 0.1) is 13.8 Å². The van der Waals surface area contributed by atoms with Crippen molar-refractivity contribution in [2.45, 2.75) is 33.9 Å². The molecule has 3 aromatic rings. The van der Waals surface area contributed by atoms with Crippen molar-refractivity contribution in [3.63, 3.8) is 0 Å². The summed E-state index contributed by atoms with van der Waals surface area (Å²) < 4.78 is 7.58. The monoisotopic (exact) mass is 418 g/mol. The van der Waals surface area contributed by atoms with E-state index in [1.165, 1.54) is 0 Å². The Balaban J connectivity index is 1.65. The van der Waals surface area contributed by atoms with Gasteiger partial charge in [0.25, 0.3) is 0 Å². The summed E-state index contributed by atoms with van der Waals surface area (Å²) in [5.41, 5.74) is 4.13. The molecule has 0 radical (unpaired) electrons. The second kappa shape index (κ2) is 11.0. The fourth-order valence-corrected chi connectivity index (χ4v) is 3.13. The van der Waals surface area contributed by atoms with Crippen LogP contribution in [0.25, 0.3) is 5.82 Å². The van der Waals surface area contributed by atoms with E-state index in [0.717, 1.165) is 46.6 Å². The fourth-order valence-electron chi connectivity index (χ4n) is 3.13. The Morgan fingerprint density at radius 2 is 2.03 bits per heavy atom. The number of hydrogen-bond donors (Lipinski definition) is 2. The van der Waals surface area contributed by atoms with Gasteiger partial charge < -0.3 is 15.4 Å². The van der Waals surface area contributed by atoms with Crippen molar-refractivity contribution < 1.29 is 4.74 Å². The second-order valence-electron chi connectivity index (χ2n) is 7.12. The van der Waals surface area contributed by atoms with Crippen LogP contribution in [0.15, 0.2) is 66.3 Å². The van der Waals surface area contributed by atoms with Gasteiger partial charge in [0, 0.05) is 30.5 Å². The Labute approximate surface area is 183 Å². The van der Waals surface area contributed by atoms with Crippen molar-refractivity contribution in [1.82, 2.24) is 25.4 Å². The molecule has 2 heterocycles. The minimum atomic E-state index is 0.478. The lowest BCUT2D eigenvalue weighted by atomic mass is 10.2. The van der Waals surface area contributed by atoms with E-state index in [-0.39, 0.29) is 0 Å². The molecular formula is C24H30N6O. The molecule has 0 fully saturated rings. The number of hydrogen-bond acceptors (Lipinski definition) is 4. The molecule has 0 saturated carbocycles. The molecule has 7 nitrogen and oxygen atoms in total. The molecule has 0 amide bonds. The van der Waals surface area contributed by atoms with Crippen molar-refractivity contribution in [2.75, 3.05) is 13.2 Å². The third kappa shape index (κ3) is 6.18. The van der Waals surface area contributed by atoms with Gasteiger partial charge in [0.05, 0.1) is 12.2 Å².